The number of amides is 1. The number of rotatable bonds is 4. The van der Waals surface area contributed by atoms with Gasteiger partial charge in [0.15, 0.2) is 0 Å². The van der Waals surface area contributed by atoms with E-state index in [1.165, 1.54) is 6.20 Å². The molecule has 0 aliphatic heterocycles. The summed E-state index contributed by atoms with van der Waals surface area (Å²) in [5, 5.41) is 14.6. The lowest BCUT2D eigenvalue weighted by molar-refractivity contribution is -0.274. The molecule has 0 spiro atoms. The summed E-state index contributed by atoms with van der Waals surface area (Å²) >= 11 is 6.18. The van der Waals surface area contributed by atoms with Crippen LogP contribution in [0.2, 0.25) is 5.02 Å². The molecule has 0 saturated heterocycles. The lowest BCUT2D eigenvalue weighted by Crippen LogP contribution is -2.33. The maximum atomic E-state index is 12.5. The molecule has 2 aliphatic carbocycles. The molecule has 2 aliphatic rings. The quantitative estimate of drug-likeness (QED) is 0.634. The Hall–Kier alpha value is -2.85. The van der Waals surface area contributed by atoms with E-state index in [1.807, 2.05) is 0 Å². The minimum Gasteiger partial charge on any atom is -0.404 e. The SMILES string of the molecule is O=C(N[C@H]1[C@@H]2C[C@](O)(c3cc(Cl)cn4cncc34)C[C@@H]21)c1cncc(OC(F)(F)F)c1. The molecule has 3 aromatic heterocycles. The first kappa shape index (κ1) is 20.1. The minimum absolute atomic E-state index is 0.0298. The van der Waals surface area contributed by atoms with Crippen molar-refractivity contribution in [1.82, 2.24) is 19.7 Å². The lowest BCUT2D eigenvalue weighted by atomic mass is 9.88. The predicted octanol–water partition coefficient (Wildman–Crippen LogP) is 3.31. The largest absolute Gasteiger partial charge is 0.573 e. The number of hydrogen-bond donors (Lipinski definition) is 2. The number of ether oxygens (including phenoxy) is 1. The van der Waals surface area contributed by atoms with Crippen molar-refractivity contribution in [3.63, 3.8) is 0 Å². The maximum absolute atomic E-state index is 12.5. The van der Waals surface area contributed by atoms with Crippen molar-refractivity contribution in [2.45, 2.75) is 30.8 Å². The van der Waals surface area contributed by atoms with Gasteiger partial charge in [-0.15, -0.1) is 13.2 Å². The number of imidazole rings is 1. The van der Waals surface area contributed by atoms with Crippen molar-refractivity contribution in [1.29, 1.82) is 0 Å². The highest BCUT2D eigenvalue weighted by atomic mass is 35.5. The number of halogens is 4. The second kappa shape index (κ2) is 6.83. The lowest BCUT2D eigenvalue weighted by Gasteiger charge is -2.27. The number of alkyl halides is 3. The molecular weight excluding hydrogens is 437 g/mol. The number of nitrogens with one attached hydrogen (secondary N) is 1. The zero-order valence-corrected chi connectivity index (χ0v) is 16.6. The molecule has 0 unspecified atom stereocenters. The summed E-state index contributed by atoms with van der Waals surface area (Å²) < 4.78 is 42.7. The Morgan fingerprint density at radius 1 is 1.23 bits per heavy atom. The van der Waals surface area contributed by atoms with Crippen molar-refractivity contribution in [2.75, 3.05) is 0 Å². The van der Waals surface area contributed by atoms with E-state index in [4.69, 9.17) is 11.6 Å². The van der Waals surface area contributed by atoms with E-state index in [0.717, 1.165) is 17.8 Å². The highest BCUT2D eigenvalue weighted by Gasteiger charge is 2.62. The molecule has 5 rings (SSSR count). The van der Waals surface area contributed by atoms with Crippen LogP contribution in [0.5, 0.6) is 5.75 Å². The van der Waals surface area contributed by atoms with E-state index < -0.39 is 23.6 Å². The number of pyridine rings is 2. The number of fused-ring (bicyclic) bond motifs is 2. The Labute approximate surface area is 178 Å². The van der Waals surface area contributed by atoms with Crippen LogP contribution >= 0.6 is 11.6 Å². The van der Waals surface area contributed by atoms with Crippen LogP contribution in [0.15, 0.2) is 43.2 Å². The van der Waals surface area contributed by atoms with E-state index in [9.17, 15) is 23.1 Å². The number of hydrogen-bond acceptors (Lipinski definition) is 5. The number of aliphatic hydroxyl groups is 1. The molecule has 2 N–H and O–H groups in total. The fourth-order valence-electron chi connectivity index (χ4n) is 4.64. The zero-order valence-electron chi connectivity index (χ0n) is 15.8. The second-order valence-electron chi connectivity index (χ2n) is 7.98. The van der Waals surface area contributed by atoms with E-state index in [-0.39, 0.29) is 23.4 Å². The molecule has 11 heteroatoms. The second-order valence-corrected chi connectivity index (χ2v) is 8.42. The average Bonchev–Trinajstić information content (AvgIpc) is 3.04. The van der Waals surface area contributed by atoms with Crippen molar-refractivity contribution < 1.29 is 27.8 Å². The van der Waals surface area contributed by atoms with E-state index in [1.54, 1.807) is 29.2 Å². The normalized spacial score (nSPS) is 27.2. The Kier molecular flexibility index (Phi) is 4.42. The van der Waals surface area contributed by atoms with Crippen molar-refractivity contribution in [3.05, 3.63) is 59.4 Å². The zero-order chi connectivity index (χ0) is 22.0. The molecule has 0 aromatic carbocycles. The maximum Gasteiger partial charge on any atom is 0.573 e. The average molecular weight is 453 g/mol. The highest BCUT2D eigenvalue weighted by molar-refractivity contribution is 6.30. The van der Waals surface area contributed by atoms with Crippen LogP contribution in [0.4, 0.5) is 13.2 Å². The van der Waals surface area contributed by atoms with Gasteiger partial charge in [0.25, 0.3) is 5.91 Å². The Bertz CT molecular complexity index is 1170. The van der Waals surface area contributed by atoms with Crippen LogP contribution in [-0.4, -0.2) is 37.8 Å². The van der Waals surface area contributed by atoms with Crippen LogP contribution < -0.4 is 10.1 Å². The van der Waals surface area contributed by atoms with Gasteiger partial charge in [-0.05, 0) is 36.8 Å². The Morgan fingerprint density at radius 2 is 1.97 bits per heavy atom. The summed E-state index contributed by atoms with van der Waals surface area (Å²) in [6.07, 6.45) is 3.04. The molecule has 3 heterocycles. The van der Waals surface area contributed by atoms with Crippen LogP contribution in [-0.2, 0) is 5.60 Å². The van der Waals surface area contributed by atoms with Crippen LogP contribution in [0, 0.1) is 11.8 Å². The minimum atomic E-state index is -4.87. The van der Waals surface area contributed by atoms with Gasteiger partial charge in [0.1, 0.15) is 5.75 Å². The van der Waals surface area contributed by atoms with Gasteiger partial charge < -0.3 is 19.6 Å². The van der Waals surface area contributed by atoms with Gasteiger partial charge in [0.2, 0.25) is 0 Å². The molecule has 31 heavy (non-hydrogen) atoms. The van der Waals surface area contributed by atoms with E-state index in [0.29, 0.717) is 23.4 Å². The van der Waals surface area contributed by atoms with Gasteiger partial charge in [-0.3, -0.25) is 9.78 Å². The third kappa shape index (κ3) is 3.70. The molecule has 4 atom stereocenters. The first-order valence-corrected chi connectivity index (χ1v) is 9.86. The van der Waals surface area contributed by atoms with Crippen LogP contribution in [0.3, 0.4) is 0 Å². The molecule has 0 radical (unpaired) electrons. The monoisotopic (exact) mass is 452 g/mol. The van der Waals surface area contributed by atoms with Gasteiger partial charge in [-0.25, -0.2) is 4.98 Å². The van der Waals surface area contributed by atoms with Gasteiger partial charge in [-0.1, -0.05) is 11.6 Å². The molecule has 2 saturated carbocycles. The number of nitrogens with zero attached hydrogens (tertiary/aromatic N) is 3. The fraction of sp³-hybridized carbons (Fsp3) is 0.350. The summed E-state index contributed by atoms with van der Waals surface area (Å²) in [6.45, 7) is 0. The van der Waals surface area contributed by atoms with Crippen LogP contribution in [0.1, 0.15) is 28.8 Å². The summed E-state index contributed by atoms with van der Waals surface area (Å²) in [5.41, 5.74) is 0.334. The van der Waals surface area contributed by atoms with Crippen LogP contribution in [0.25, 0.3) is 5.52 Å². The highest BCUT2D eigenvalue weighted by Crippen LogP contribution is 2.60. The number of carbonyl (C=O) groups excluding carboxylic acids is 1. The van der Waals surface area contributed by atoms with Crippen molar-refractivity contribution in [3.8, 4) is 5.75 Å². The molecule has 7 nitrogen and oxygen atoms in total. The summed E-state index contributed by atoms with van der Waals surface area (Å²) in [6, 6.07) is 2.56. The molecule has 2 fully saturated rings. The first-order valence-electron chi connectivity index (χ1n) is 9.49. The topological polar surface area (TPSA) is 88.8 Å². The molecule has 3 aromatic rings. The van der Waals surface area contributed by atoms with Crippen molar-refractivity contribution >= 4 is 23.0 Å². The molecule has 162 valence electrons. The smallest absolute Gasteiger partial charge is 0.404 e. The summed E-state index contributed by atoms with van der Waals surface area (Å²) in [4.78, 5) is 20.2. The third-order valence-electron chi connectivity index (χ3n) is 5.97. The standard InChI is InChI=1S/C20H16ClF3N4O3/c21-11-2-15(16-7-26-9-28(16)8-11)19(30)3-13-14(4-19)17(13)27-18(29)10-1-12(6-25-5-10)31-20(22,23)24/h1-2,5-9,13-14,17,30H,3-4H2,(H,27,29)/t13-,14+,17+,19-. The van der Waals surface area contributed by atoms with Gasteiger partial charge in [0.05, 0.1) is 40.4 Å². The molecular formula is C20H16ClF3N4O3. The molecule has 0 bridgehead atoms. The predicted molar refractivity (Wildman–Crippen MR) is 102 cm³/mol. The summed E-state index contributed by atoms with van der Waals surface area (Å²) in [5.74, 6) is -0.989. The Balaban J connectivity index is 1.27. The third-order valence-corrected chi connectivity index (χ3v) is 6.18. The van der Waals surface area contributed by atoms with E-state index >= 15 is 0 Å². The van der Waals surface area contributed by atoms with E-state index in [2.05, 4.69) is 20.0 Å². The Morgan fingerprint density at radius 3 is 2.68 bits per heavy atom. The fourth-order valence-corrected chi connectivity index (χ4v) is 4.85. The van der Waals surface area contributed by atoms with Gasteiger partial charge >= 0.3 is 6.36 Å². The number of aromatic nitrogens is 3. The van der Waals surface area contributed by atoms with Crippen molar-refractivity contribution in [2.24, 2.45) is 11.8 Å². The molecule has 1 amide bonds. The van der Waals surface area contributed by atoms with Gasteiger partial charge in [0, 0.05) is 24.0 Å². The summed E-state index contributed by atoms with van der Waals surface area (Å²) in [7, 11) is 0. The van der Waals surface area contributed by atoms with Gasteiger partial charge in [-0.2, -0.15) is 0 Å². The first-order chi connectivity index (χ1) is 14.6. The number of carbonyl (C=O) groups is 1.